The second kappa shape index (κ2) is 7.07. The van der Waals surface area contributed by atoms with Gasteiger partial charge in [-0.25, -0.2) is 4.79 Å². The summed E-state index contributed by atoms with van der Waals surface area (Å²) in [6.45, 7) is 2.67. The average molecular weight is 338 g/mol. The lowest BCUT2D eigenvalue weighted by atomic mass is 9.91. The molecule has 0 radical (unpaired) electrons. The number of anilines is 1. The fourth-order valence-corrected chi connectivity index (χ4v) is 3.52. The molecular weight excluding hydrogens is 316 g/mol. The first-order chi connectivity index (χ1) is 12.0. The van der Waals surface area contributed by atoms with Gasteiger partial charge >= 0.3 is 5.97 Å². The lowest BCUT2D eigenvalue weighted by Gasteiger charge is -2.25. The molecule has 1 aliphatic heterocycles. The van der Waals surface area contributed by atoms with Gasteiger partial charge in [-0.05, 0) is 56.3 Å². The van der Waals surface area contributed by atoms with E-state index in [0.717, 1.165) is 18.5 Å². The highest BCUT2D eigenvalue weighted by molar-refractivity contribution is 5.97. The van der Waals surface area contributed by atoms with Gasteiger partial charge in [0.1, 0.15) is 0 Å². The van der Waals surface area contributed by atoms with Crippen molar-refractivity contribution in [3.63, 3.8) is 0 Å². The molecule has 3 rings (SSSR count). The first kappa shape index (κ1) is 17.2. The van der Waals surface area contributed by atoms with E-state index in [1.54, 1.807) is 19.1 Å². The maximum absolute atomic E-state index is 12.9. The van der Waals surface area contributed by atoms with Crippen molar-refractivity contribution in [1.29, 1.82) is 0 Å². The molecule has 0 saturated carbocycles. The van der Waals surface area contributed by atoms with Crippen molar-refractivity contribution < 1.29 is 14.7 Å². The number of nitrogens with zero attached hydrogens (tertiary/aromatic N) is 1. The molecular formula is C20H22N2O3. The molecule has 2 unspecified atom stereocenters. The third kappa shape index (κ3) is 3.56. The van der Waals surface area contributed by atoms with Gasteiger partial charge in [0, 0.05) is 11.6 Å². The first-order valence-electron chi connectivity index (χ1n) is 8.37. The van der Waals surface area contributed by atoms with Gasteiger partial charge in [0.25, 0.3) is 0 Å². The van der Waals surface area contributed by atoms with Crippen LogP contribution in [0.2, 0.25) is 0 Å². The molecule has 1 saturated heterocycles. The van der Waals surface area contributed by atoms with E-state index in [9.17, 15) is 9.59 Å². The lowest BCUT2D eigenvalue weighted by Crippen LogP contribution is -2.40. The summed E-state index contributed by atoms with van der Waals surface area (Å²) >= 11 is 0. The van der Waals surface area contributed by atoms with Crippen molar-refractivity contribution in [1.82, 2.24) is 4.90 Å². The molecule has 2 aromatic carbocycles. The number of likely N-dealkylation sites (tertiary alicyclic amines) is 1. The van der Waals surface area contributed by atoms with Crippen molar-refractivity contribution in [3.8, 4) is 0 Å². The number of carbonyl (C=O) groups is 2. The number of carbonyl (C=O) groups excluding carboxylic acids is 1. The highest BCUT2D eigenvalue weighted by Gasteiger charge is 2.38. The number of amides is 1. The van der Waals surface area contributed by atoms with Gasteiger partial charge in [-0.2, -0.15) is 0 Å². The van der Waals surface area contributed by atoms with E-state index in [1.165, 1.54) is 11.6 Å². The van der Waals surface area contributed by atoms with Crippen LogP contribution < -0.4 is 5.32 Å². The molecule has 0 aromatic heterocycles. The number of carboxylic acid groups (broad SMARTS) is 1. The molecule has 2 atom stereocenters. The number of carboxylic acids is 1. The largest absolute Gasteiger partial charge is 0.478 e. The Hall–Kier alpha value is -2.66. The number of benzene rings is 2. The molecule has 0 bridgehead atoms. The van der Waals surface area contributed by atoms with E-state index in [2.05, 4.69) is 22.3 Å². The predicted molar refractivity (Wildman–Crippen MR) is 97.0 cm³/mol. The standard InChI is InChI=1S/C20H22N2O3/c1-13-12-15(20(24)25)8-9-17(13)21-19(23)18-16(10-11-22(18)2)14-6-4-3-5-7-14/h3-9,12,16,18H,10-11H2,1-2H3,(H,21,23)(H,24,25). The van der Waals surface area contributed by atoms with Crippen LogP contribution in [0.3, 0.4) is 0 Å². The number of rotatable bonds is 4. The summed E-state index contributed by atoms with van der Waals surface area (Å²) in [6, 6.07) is 14.6. The summed E-state index contributed by atoms with van der Waals surface area (Å²) in [7, 11) is 1.97. The average Bonchev–Trinajstić information content (AvgIpc) is 2.99. The van der Waals surface area contributed by atoms with Crippen LogP contribution in [0.25, 0.3) is 0 Å². The molecule has 130 valence electrons. The smallest absolute Gasteiger partial charge is 0.335 e. The normalized spacial score (nSPS) is 20.4. The van der Waals surface area contributed by atoms with E-state index < -0.39 is 5.97 Å². The number of hydrogen-bond donors (Lipinski definition) is 2. The van der Waals surface area contributed by atoms with Crippen LogP contribution in [0.1, 0.15) is 33.8 Å². The Morgan fingerprint density at radius 3 is 2.52 bits per heavy atom. The fraction of sp³-hybridized carbons (Fsp3) is 0.300. The van der Waals surface area contributed by atoms with Crippen LogP contribution in [0.15, 0.2) is 48.5 Å². The highest BCUT2D eigenvalue weighted by atomic mass is 16.4. The lowest BCUT2D eigenvalue weighted by molar-refractivity contribution is -0.120. The van der Waals surface area contributed by atoms with Crippen molar-refractivity contribution in [2.24, 2.45) is 0 Å². The van der Waals surface area contributed by atoms with Crippen LogP contribution in [0, 0.1) is 6.92 Å². The molecule has 1 amide bonds. The molecule has 2 N–H and O–H groups in total. The minimum atomic E-state index is -0.972. The SMILES string of the molecule is Cc1cc(C(=O)O)ccc1NC(=O)C1C(c2ccccc2)CCN1C. The van der Waals surface area contributed by atoms with Crippen molar-refractivity contribution >= 4 is 17.6 Å². The Bertz CT molecular complexity index is 789. The summed E-state index contributed by atoms with van der Waals surface area (Å²) in [6.07, 6.45) is 0.940. The van der Waals surface area contributed by atoms with Crippen LogP contribution in [0.5, 0.6) is 0 Å². The Kier molecular flexibility index (Phi) is 4.86. The van der Waals surface area contributed by atoms with Gasteiger partial charge in [0.2, 0.25) is 5.91 Å². The molecule has 1 heterocycles. The van der Waals surface area contributed by atoms with Gasteiger partial charge in [-0.15, -0.1) is 0 Å². The topological polar surface area (TPSA) is 69.6 Å². The van der Waals surface area contributed by atoms with Crippen LogP contribution in [-0.2, 0) is 4.79 Å². The Balaban J connectivity index is 1.81. The van der Waals surface area contributed by atoms with Crippen molar-refractivity contribution in [2.45, 2.75) is 25.3 Å². The van der Waals surface area contributed by atoms with E-state index in [0.29, 0.717) is 5.69 Å². The minimum absolute atomic E-state index is 0.0555. The van der Waals surface area contributed by atoms with Crippen molar-refractivity contribution in [2.75, 3.05) is 18.9 Å². The molecule has 25 heavy (non-hydrogen) atoms. The number of likely N-dealkylation sites (N-methyl/N-ethyl adjacent to an activating group) is 1. The Morgan fingerprint density at radius 1 is 1.16 bits per heavy atom. The molecule has 0 spiro atoms. The summed E-state index contributed by atoms with van der Waals surface area (Å²) < 4.78 is 0. The summed E-state index contributed by atoms with van der Waals surface area (Å²) in [5, 5.41) is 12.0. The van der Waals surface area contributed by atoms with E-state index >= 15 is 0 Å². The first-order valence-corrected chi connectivity index (χ1v) is 8.37. The van der Waals surface area contributed by atoms with Crippen LogP contribution in [-0.4, -0.2) is 41.5 Å². The second-order valence-electron chi connectivity index (χ2n) is 6.56. The Labute approximate surface area is 147 Å². The van der Waals surface area contributed by atoms with Gasteiger partial charge in [0.15, 0.2) is 0 Å². The maximum atomic E-state index is 12.9. The zero-order valence-electron chi connectivity index (χ0n) is 14.4. The molecule has 5 heteroatoms. The molecule has 1 aliphatic rings. The number of hydrogen-bond acceptors (Lipinski definition) is 3. The minimum Gasteiger partial charge on any atom is -0.478 e. The van der Waals surface area contributed by atoms with Gasteiger partial charge < -0.3 is 10.4 Å². The monoisotopic (exact) mass is 338 g/mol. The van der Waals surface area contributed by atoms with Gasteiger partial charge in [0.05, 0.1) is 11.6 Å². The van der Waals surface area contributed by atoms with Crippen LogP contribution >= 0.6 is 0 Å². The van der Waals surface area contributed by atoms with Crippen molar-refractivity contribution in [3.05, 3.63) is 65.2 Å². The number of aryl methyl sites for hydroxylation is 1. The van der Waals surface area contributed by atoms with E-state index in [-0.39, 0.29) is 23.4 Å². The molecule has 5 nitrogen and oxygen atoms in total. The third-order valence-electron chi connectivity index (χ3n) is 4.88. The number of nitrogens with one attached hydrogen (secondary N) is 1. The zero-order valence-corrected chi connectivity index (χ0v) is 14.4. The summed E-state index contributed by atoms with van der Waals surface area (Å²) in [4.78, 5) is 26.0. The zero-order chi connectivity index (χ0) is 18.0. The van der Waals surface area contributed by atoms with E-state index in [4.69, 9.17) is 5.11 Å². The molecule has 1 fully saturated rings. The summed E-state index contributed by atoms with van der Waals surface area (Å²) in [5.41, 5.74) is 2.79. The van der Waals surface area contributed by atoms with Gasteiger partial charge in [-0.1, -0.05) is 30.3 Å². The molecule has 0 aliphatic carbocycles. The predicted octanol–water partition coefficient (Wildman–Crippen LogP) is 3.12. The van der Waals surface area contributed by atoms with E-state index in [1.807, 2.05) is 25.2 Å². The second-order valence-corrected chi connectivity index (χ2v) is 6.56. The molecule has 2 aromatic rings. The van der Waals surface area contributed by atoms with Crippen LogP contribution in [0.4, 0.5) is 5.69 Å². The number of aromatic carboxylic acids is 1. The van der Waals surface area contributed by atoms with Gasteiger partial charge in [-0.3, -0.25) is 9.69 Å². The quantitative estimate of drug-likeness (QED) is 0.899. The fourth-order valence-electron chi connectivity index (χ4n) is 3.52. The third-order valence-corrected chi connectivity index (χ3v) is 4.88. The Morgan fingerprint density at radius 2 is 1.88 bits per heavy atom. The maximum Gasteiger partial charge on any atom is 0.335 e. The highest BCUT2D eigenvalue weighted by Crippen LogP contribution is 2.33. The summed E-state index contributed by atoms with van der Waals surface area (Å²) in [5.74, 6) is -0.870.